The largest absolute Gasteiger partial charge is 0.486 e. The highest BCUT2D eigenvalue weighted by Crippen LogP contribution is 2.34. The Morgan fingerprint density at radius 1 is 1.07 bits per heavy atom. The number of hydrogen-bond acceptors (Lipinski definition) is 5. The highest BCUT2D eigenvalue weighted by Gasteiger charge is 2.23. The monoisotopic (exact) mass is 378 g/mol. The van der Waals surface area contributed by atoms with Crippen molar-refractivity contribution < 1.29 is 14.3 Å². The minimum atomic E-state index is -0.268. The molecule has 28 heavy (non-hydrogen) atoms. The van der Waals surface area contributed by atoms with Crippen molar-refractivity contribution in [2.24, 2.45) is 5.92 Å². The molecule has 0 aliphatic carbocycles. The first-order chi connectivity index (χ1) is 13.6. The maximum absolute atomic E-state index is 12.8. The van der Waals surface area contributed by atoms with E-state index < -0.39 is 0 Å². The summed E-state index contributed by atoms with van der Waals surface area (Å²) in [4.78, 5) is 14.2. The van der Waals surface area contributed by atoms with E-state index in [1.165, 1.54) is 11.0 Å². The highest BCUT2D eigenvalue weighted by atomic mass is 16.6. The van der Waals surface area contributed by atoms with Crippen molar-refractivity contribution in [3.63, 3.8) is 0 Å². The second kappa shape index (κ2) is 7.72. The van der Waals surface area contributed by atoms with Crippen LogP contribution >= 0.6 is 0 Å². The first-order valence-electron chi connectivity index (χ1n) is 9.30. The van der Waals surface area contributed by atoms with Crippen LogP contribution in [0.3, 0.4) is 0 Å². The van der Waals surface area contributed by atoms with Gasteiger partial charge in [-0.05, 0) is 35.7 Å². The zero-order valence-electron chi connectivity index (χ0n) is 15.8. The van der Waals surface area contributed by atoms with Crippen molar-refractivity contribution in [2.45, 2.75) is 19.9 Å². The molecule has 2 heterocycles. The Morgan fingerprint density at radius 3 is 2.57 bits per heavy atom. The summed E-state index contributed by atoms with van der Waals surface area (Å²) in [6.45, 7) is 5.19. The van der Waals surface area contributed by atoms with E-state index in [1.54, 1.807) is 0 Å². The van der Waals surface area contributed by atoms with Crippen molar-refractivity contribution in [2.75, 3.05) is 13.2 Å². The number of nitrogens with zero attached hydrogens (tertiary/aromatic N) is 3. The van der Waals surface area contributed by atoms with Crippen LogP contribution in [0.15, 0.2) is 54.7 Å². The van der Waals surface area contributed by atoms with Gasteiger partial charge in [-0.2, -0.15) is 9.90 Å². The Kier molecular flexibility index (Phi) is 4.97. The summed E-state index contributed by atoms with van der Waals surface area (Å²) in [6.07, 6.45) is 1.48. The fourth-order valence-corrected chi connectivity index (χ4v) is 3.16. The van der Waals surface area contributed by atoms with Crippen LogP contribution in [-0.2, 0) is 0 Å². The second-order valence-corrected chi connectivity index (χ2v) is 6.95. The smallest absolute Gasteiger partial charge is 0.273 e. The molecule has 0 unspecified atom stereocenters. The Labute approximate surface area is 163 Å². The van der Waals surface area contributed by atoms with E-state index in [-0.39, 0.29) is 23.6 Å². The quantitative estimate of drug-likeness (QED) is 0.738. The summed E-state index contributed by atoms with van der Waals surface area (Å²) < 4.78 is 11.3. The van der Waals surface area contributed by atoms with E-state index >= 15 is 0 Å². The molecule has 1 aliphatic rings. The Hall–Kier alpha value is -3.35. The third-order valence-electron chi connectivity index (χ3n) is 4.59. The van der Waals surface area contributed by atoms with Gasteiger partial charge in [-0.3, -0.25) is 4.79 Å². The Balaban J connectivity index is 1.54. The number of amides is 1. The first-order valence-corrected chi connectivity index (χ1v) is 9.30. The van der Waals surface area contributed by atoms with Gasteiger partial charge in [-0.25, -0.2) is 0 Å². The molecule has 0 saturated carbocycles. The van der Waals surface area contributed by atoms with Crippen molar-refractivity contribution in [3.8, 4) is 17.2 Å². The molecule has 144 valence electrons. The molecular weight excluding hydrogens is 356 g/mol. The lowest BCUT2D eigenvalue weighted by Crippen LogP contribution is -2.32. The van der Waals surface area contributed by atoms with Crippen molar-refractivity contribution in [3.05, 3.63) is 66.0 Å². The van der Waals surface area contributed by atoms with Gasteiger partial charge < -0.3 is 14.8 Å². The standard InChI is InChI=1S/C21H22N4O3/c1-14(2)20(15-8-9-18-19(12-15)28-11-10-27-18)23-21(26)17-13-22-25(24-17)16-6-4-3-5-7-16/h3-9,12-14,20H,10-11H2,1-2H3,(H,23,26)/t20-/m0/s1. The van der Waals surface area contributed by atoms with Gasteiger partial charge in [0.25, 0.3) is 5.91 Å². The molecule has 4 rings (SSSR count). The molecule has 3 aromatic rings. The van der Waals surface area contributed by atoms with Crippen LogP contribution in [-0.4, -0.2) is 34.1 Å². The Morgan fingerprint density at radius 2 is 1.82 bits per heavy atom. The number of benzene rings is 2. The number of carbonyl (C=O) groups is 1. The van der Waals surface area contributed by atoms with E-state index in [9.17, 15) is 4.79 Å². The number of fused-ring (bicyclic) bond motifs is 1. The summed E-state index contributed by atoms with van der Waals surface area (Å²) in [5, 5.41) is 11.6. The third-order valence-corrected chi connectivity index (χ3v) is 4.59. The van der Waals surface area contributed by atoms with Gasteiger partial charge in [0.05, 0.1) is 17.9 Å². The maximum Gasteiger partial charge on any atom is 0.273 e. The minimum absolute atomic E-state index is 0.177. The molecule has 1 aliphatic heterocycles. The van der Waals surface area contributed by atoms with E-state index in [1.807, 2.05) is 48.5 Å². The number of para-hydroxylation sites is 1. The molecule has 0 fully saturated rings. The van der Waals surface area contributed by atoms with Gasteiger partial charge >= 0.3 is 0 Å². The van der Waals surface area contributed by atoms with Crippen molar-refractivity contribution in [1.29, 1.82) is 0 Å². The van der Waals surface area contributed by atoms with Crippen LogP contribution in [0.4, 0.5) is 0 Å². The molecule has 1 atom stereocenters. The number of rotatable bonds is 5. The molecule has 7 heteroatoms. The van der Waals surface area contributed by atoms with Crippen LogP contribution in [0, 0.1) is 5.92 Å². The molecule has 0 saturated heterocycles. The van der Waals surface area contributed by atoms with Crippen LogP contribution < -0.4 is 14.8 Å². The average molecular weight is 378 g/mol. The molecule has 0 spiro atoms. The van der Waals surface area contributed by atoms with Gasteiger partial charge in [0.15, 0.2) is 17.2 Å². The molecule has 1 N–H and O–H groups in total. The fourth-order valence-electron chi connectivity index (χ4n) is 3.16. The van der Waals surface area contributed by atoms with Crippen LogP contribution in [0.25, 0.3) is 5.69 Å². The predicted octanol–water partition coefficient (Wildman–Crippen LogP) is 3.17. The molecule has 7 nitrogen and oxygen atoms in total. The van der Waals surface area contributed by atoms with Gasteiger partial charge in [0.2, 0.25) is 0 Å². The van der Waals surface area contributed by atoms with Gasteiger partial charge in [0.1, 0.15) is 13.2 Å². The number of aromatic nitrogens is 3. The van der Waals surface area contributed by atoms with Crippen LogP contribution in [0.5, 0.6) is 11.5 Å². The average Bonchev–Trinajstić information content (AvgIpc) is 3.22. The molecule has 0 radical (unpaired) electrons. The number of carbonyl (C=O) groups excluding carboxylic acids is 1. The lowest BCUT2D eigenvalue weighted by atomic mass is 9.95. The van der Waals surface area contributed by atoms with Crippen molar-refractivity contribution in [1.82, 2.24) is 20.3 Å². The highest BCUT2D eigenvalue weighted by molar-refractivity contribution is 5.92. The molecule has 1 aromatic heterocycles. The number of nitrogens with one attached hydrogen (secondary N) is 1. The lowest BCUT2D eigenvalue weighted by Gasteiger charge is -2.25. The topological polar surface area (TPSA) is 78.3 Å². The third kappa shape index (κ3) is 3.69. The van der Waals surface area contributed by atoms with E-state index in [2.05, 4.69) is 29.4 Å². The zero-order valence-corrected chi connectivity index (χ0v) is 15.8. The molecule has 1 amide bonds. The summed E-state index contributed by atoms with van der Waals surface area (Å²) in [5.74, 6) is 1.35. The first kappa shape index (κ1) is 18.0. The van der Waals surface area contributed by atoms with Gasteiger partial charge in [-0.1, -0.05) is 38.1 Å². The fraction of sp³-hybridized carbons (Fsp3) is 0.286. The molecular formula is C21H22N4O3. The summed E-state index contributed by atoms with van der Waals surface area (Å²) in [7, 11) is 0. The van der Waals surface area contributed by atoms with Crippen molar-refractivity contribution >= 4 is 5.91 Å². The van der Waals surface area contributed by atoms with E-state index in [0.717, 1.165) is 17.0 Å². The minimum Gasteiger partial charge on any atom is -0.486 e. The second-order valence-electron chi connectivity index (χ2n) is 6.95. The summed E-state index contributed by atoms with van der Waals surface area (Å²) >= 11 is 0. The molecule has 0 bridgehead atoms. The van der Waals surface area contributed by atoms with Crippen LogP contribution in [0.2, 0.25) is 0 Å². The number of ether oxygens (including phenoxy) is 2. The van der Waals surface area contributed by atoms with Crippen LogP contribution in [0.1, 0.15) is 35.9 Å². The van der Waals surface area contributed by atoms with Gasteiger partial charge in [0, 0.05) is 0 Å². The SMILES string of the molecule is CC(C)[C@H](NC(=O)c1cnn(-c2ccccc2)n1)c1ccc2c(c1)OCCO2. The Bertz CT molecular complexity index is 969. The number of hydrogen-bond donors (Lipinski definition) is 1. The van der Waals surface area contributed by atoms with E-state index in [0.29, 0.717) is 19.0 Å². The van der Waals surface area contributed by atoms with Gasteiger partial charge in [-0.15, -0.1) is 5.10 Å². The van der Waals surface area contributed by atoms with E-state index in [4.69, 9.17) is 9.47 Å². The lowest BCUT2D eigenvalue weighted by molar-refractivity contribution is 0.0919. The maximum atomic E-state index is 12.8. The predicted molar refractivity (Wildman–Crippen MR) is 104 cm³/mol. The summed E-state index contributed by atoms with van der Waals surface area (Å²) in [6, 6.07) is 15.1. The summed E-state index contributed by atoms with van der Waals surface area (Å²) in [5.41, 5.74) is 2.03. The normalized spacial score (nSPS) is 14.0. The molecule has 2 aromatic carbocycles. The zero-order chi connectivity index (χ0) is 19.5.